The summed E-state index contributed by atoms with van der Waals surface area (Å²) in [6.07, 6.45) is 0. The molecule has 0 aliphatic rings. The Balaban J connectivity index is 1.84. The highest BCUT2D eigenvalue weighted by Crippen LogP contribution is 2.23. The summed E-state index contributed by atoms with van der Waals surface area (Å²) in [6.45, 7) is 1.04. The lowest BCUT2D eigenvalue weighted by Crippen LogP contribution is -2.39. The van der Waals surface area contributed by atoms with Gasteiger partial charge in [-0.15, -0.1) is 0 Å². The number of halogens is 2. The molecule has 3 rings (SSSR count). The number of nitrogens with zero attached hydrogens (tertiary/aromatic N) is 2. The van der Waals surface area contributed by atoms with E-state index in [1.807, 2.05) is 0 Å². The second-order valence-corrected chi connectivity index (χ2v) is 8.40. The van der Waals surface area contributed by atoms with Crippen LogP contribution in [-0.4, -0.2) is 26.6 Å². The Morgan fingerprint density at radius 1 is 0.903 bits per heavy atom. The topological polar surface area (TPSA) is 78.8 Å². The largest absolute Gasteiger partial charge is 0.271 e. The van der Waals surface area contributed by atoms with Crippen molar-refractivity contribution < 1.29 is 22.0 Å². The van der Waals surface area contributed by atoms with Crippen LogP contribution in [0.15, 0.2) is 88.9 Å². The van der Waals surface area contributed by atoms with E-state index in [0.29, 0.717) is 11.3 Å². The van der Waals surface area contributed by atoms with Crippen molar-refractivity contribution in [1.82, 2.24) is 5.43 Å². The van der Waals surface area contributed by atoms with Crippen LogP contribution in [0, 0.1) is 11.6 Å². The average Bonchev–Trinajstić information content (AvgIpc) is 2.77. The van der Waals surface area contributed by atoms with Crippen molar-refractivity contribution in [2.75, 3.05) is 10.8 Å². The van der Waals surface area contributed by atoms with E-state index in [4.69, 9.17) is 0 Å². The molecule has 0 aromatic heterocycles. The molecule has 0 spiro atoms. The maximum atomic E-state index is 13.3. The minimum absolute atomic E-state index is 0.0156. The van der Waals surface area contributed by atoms with Gasteiger partial charge in [0, 0.05) is 0 Å². The summed E-state index contributed by atoms with van der Waals surface area (Å²) < 4.78 is 53.5. The van der Waals surface area contributed by atoms with Crippen LogP contribution in [0.5, 0.6) is 0 Å². The van der Waals surface area contributed by atoms with Crippen LogP contribution in [0.25, 0.3) is 0 Å². The van der Waals surface area contributed by atoms with Crippen LogP contribution in [-0.2, 0) is 14.8 Å². The van der Waals surface area contributed by atoms with E-state index in [9.17, 15) is 22.0 Å². The summed E-state index contributed by atoms with van der Waals surface area (Å²) in [6, 6.07) is 17.9. The molecule has 1 N–H and O–H groups in total. The van der Waals surface area contributed by atoms with Gasteiger partial charge in [-0.25, -0.2) is 22.6 Å². The molecule has 0 saturated heterocycles. The van der Waals surface area contributed by atoms with E-state index in [0.717, 1.165) is 16.4 Å². The molecule has 6 nitrogen and oxygen atoms in total. The quantitative estimate of drug-likeness (QED) is 0.447. The van der Waals surface area contributed by atoms with Gasteiger partial charge in [-0.3, -0.25) is 9.10 Å². The third-order valence-corrected chi connectivity index (χ3v) is 6.13. The van der Waals surface area contributed by atoms with Crippen LogP contribution in [0.1, 0.15) is 12.5 Å². The Morgan fingerprint density at radius 2 is 1.45 bits per heavy atom. The Hall–Kier alpha value is -3.59. The van der Waals surface area contributed by atoms with Gasteiger partial charge in [0.15, 0.2) is 0 Å². The minimum Gasteiger partial charge on any atom is -0.271 e. The van der Waals surface area contributed by atoms with Crippen molar-refractivity contribution in [3.05, 3.63) is 96.1 Å². The lowest BCUT2D eigenvalue weighted by Gasteiger charge is -2.23. The molecule has 0 atom stereocenters. The lowest BCUT2D eigenvalue weighted by atomic mass is 10.1. The Labute approximate surface area is 178 Å². The number of hydrogen-bond donors (Lipinski definition) is 1. The van der Waals surface area contributed by atoms with Crippen molar-refractivity contribution in [1.29, 1.82) is 0 Å². The second kappa shape index (κ2) is 9.48. The van der Waals surface area contributed by atoms with Crippen LogP contribution < -0.4 is 9.73 Å². The Bertz CT molecular complexity index is 1180. The number of carbonyl (C=O) groups is 1. The SMILES string of the molecule is C/C(=N/NC(=O)CN(c1ccc(F)cc1)S(=O)(=O)c1ccccc1)c1ccc(F)cc1. The van der Waals surface area contributed by atoms with E-state index in [1.165, 1.54) is 48.5 Å². The van der Waals surface area contributed by atoms with Crippen LogP contribution in [0.2, 0.25) is 0 Å². The average molecular weight is 443 g/mol. The molecule has 0 bridgehead atoms. The zero-order chi connectivity index (χ0) is 22.4. The molecule has 0 unspecified atom stereocenters. The first-order valence-electron chi connectivity index (χ1n) is 9.20. The van der Waals surface area contributed by atoms with Gasteiger partial charge in [0.2, 0.25) is 0 Å². The standard InChI is InChI=1S/C22H19F2N3O3S/c1-16(17-7-9-18(23)10-8-17)25-26-22(28)15-27(20-13-11-19(24)12-14-20)31(29,30)21-5-3-2-4-6-21/h2-14H,15H2,1H3,(H,26,28)/b25-16-. The predicted octanol–water partition coefficient (Wildman–Crippen LogP) is 3.70. The number of hydrazone groups is 1. The fourth-order valence-corrected chi connectivity index (χ4v) is 4.15. The fraction of sp³-hybridized carbons (Fsp3) is 0.0909. The summed E-state index contributed by atoms with van der Waals surface area (Å²) >= 11 is 0. The van der Waals surface area contributed by atoms with E-state index in [1.54, 1.807) is 25.1 Å². The summed E-state index contributed by atoms with van der Waals surface area (Å²) in [5.74, 6) is -1.64. The molecule has 0 radical (unpaired) electrons. The zero-order valence-corrected chi connectivity index (χ0v) is 17.3. The smallest absolute Gasteiger partial charge is 0.264 e. The molecule has 3 aromatic carbocycles. The van der Waals surface area contributed by atoms with E-state index in [-0.39, 0.29) is 10.6 Å². The van der Waals surface area contributed by atoms with Gasteiger partial charge in [-0.2, -0.15) is 5.10 Å². The number of sulfonamides is 1. The molecule has 0 fully saturated rings. The van der Waals surface area contributed by atoms with Gasteiger partial charge in [-0.05, 0) is 61.0 Å². The third-order valence-electron chi connectivity index (χ3n) is 4.34. The molecule has 0 heterocycles. The summed E-state index contributed by atoms with van der Waals surface area (Å²) in [5, 5.41) is 3.95. The maximum Gasteiger partial charge on any atom is 0.264 e. The molecule has 0 aliphatic carbocycles. The van der Waals surface area contributed by atoms with Crippen LogP contribution in [0.4, 0.5) is 14.5 Å². The first-order valence-corrected chi connectivity index (χ1v) is 10.6. The van der Waals surface area contributed by atoms with Gasteiger partial charge < -0.3 is 0 Å². The first-order chi connectivity index (χ1) is 14.8. The normalized spacial score (nSPS) is 11.8. The van der Waals surface area contributed by atoms with Gasteiger partial charge in [0.05, 0.1) is 16.3 Å². The molecular formula is C22H19F2N3O3S. The predicted molar refractivity (Wildman–Crippen MR) is 114 cm³/mol. The van der Waals surface area contributed by atoms with Gasteiger partial charge in [-0.1, -0.05) is 30.3 Å². The molecule has 9 heteroatoms. The fourth-order valence-electron chi connectivity index (χ4n) is 2.71. The Kier molecular flexibility index (Phi) is 6.76. The molecule has 1 amide bonds. The van der Waals surface area contributed by atoms with E-state index >= 15 is 0 Å². The molecule has 3 aromatic rings. The highest BCUT2D eigenvalue weighted by Gasteiger charge is 2.27. The highest BCUT2D eigenvalue weighted by atomic mass is 32.2. The first kappa shape index (κ1) is 22.1. The number of amides is 1. The zero-order valence-electron chi connectivity index (χ0n) is 16.5. The number of hydrogen-bond acceptors (Lipinski definition) is 4. The number of benzene rings is 3. The Morgan fingerprint density at radius 3 is 2.03 bits per heavy atom. The highest BCUT2D eigenvalue weighted by molar-refractivity contribution is 7.92. The maximum absolute atomic E-state index is 13.3. The molecular weight excluding hydrogens is 424 g/mol. The van der Waals surface area contributed by atoms with Crippen molar-refractivity contribution in [2.24, 2.45) is 5.10 Å². The van der Waals surface area contributed by atoms with Crippen molar-refractivity contribution in [3.63, 3.8) is 0 Å². The van der Waals surface area contributed by atoms with Gasteiger partial charge in [0.25, 0.3) is 15.9 Å². The number of carbonyl (C=O) groups excluding carboxylic acids is 1. The summed E-state index contributed by atoms with van der Waals surface area (Å²) in [5.41, 5.74) is 3.43. The molecule has 0 saturated carbocycles. The van der Waals surface area contributed by atoms with Crippen molar-refractivity contribution >= 4 is 27.3 Å². The van der Waals surface area contributed by atoms with Crippen molar-refractivity contribution in [3.8, 4) is 0 Å². The van der Waals surface area contributed by atoms with Crippen molar-refractivity contribution in [2.45, 2.75) is 11.8 Å². The van der Waals surface area contributed by atoms with Gasteiger partial charge >= 0.3 is 0 Å². The molecule has 0 aliphatic heterocycles. The monoisotopic (exact) mass is 443 g/mol. The molecule has 31 heavy (non-hydrogen) atoms. The minimum atomic E-state index is -4.10. The third kappa shape index (κ3) is 5.52. The second-order valence-electron chi connectivity index (χ2n) is 6.54. The number of nitrogens with one attached hydrogen (secondary N) is 1. The number of rotatable bonds is 7. The lowest BCUT2D eigenvalue weighted by molar-refractivity contribution is -0.119. The van der Waals surface area contributed by atoms with Crippen LogP contribution >= 0.6 is 0 Å². The number of anilines is 1. The van der Waals surface area contributed by atoms with E-state index in [2.05, 4.69) is 10.5 Å². The molecule has 160 valence electrons. The van der Waals surface area contributed by atoms with Crippen LogP contribution in [0.3, 0.4) is 0 Å². The summed E-state index contributed by atoms with van der Waals surface area (Å²) in [4.78, 5) is 12.5. The van der Waals surface area contributed by atoms with Gasteiger partial charge in [0.1, 0.15) is 18.2 Å². The summed E-state index contributed by atoms with van der Waals surface area (Å²) in [7, 11) is -4.10. The van der Waals surface area contributed by atoms with E-state index < -0.39 is 34.1 Å².